The fraction of sp³-hybridized carbons (Fsp3) is 0.419. The molecule has 2 aromatic carbocycles. The maximum Gasteiger partial charge on any atom is 0.158 e. The molecule has 0 saturated heterocycles. The maximum absolute atomic E-state index is 10.4. The predicted octanol–water partition coefficient (Wildman–Crippen LogP) is 11.1. The maximum atomic E-state index is 10.4. The molecule has 0 aliphatic rings. The fourth-order valence-electron chi connectivity index (χ4n) is 5.38. The Labute approximate surface area is 304 Å². The van der Waals surface area contributed by atoms with E-state index >= 15 is 0 Å². The van der Waals surface area contributed by atoms with Crippen molar-refractivity contribution in [3.05, 3.63) is 113 Å². The second-order valence-corrected chi connectivity index (χ2v) is 13.2. The van der Waals surface area contributed by atoms with Crippen LogP contribution in [0.15, 0.2) is 17.4 Å². The average Bonchev–Trinajstić information content (AvgIpc) is 3.01. The molecule has 0 unspecified atom stereocenters. The van der Waals surface area contributed by atoms with E-state index in [2.05, 4.69) is 122 Å². The van der Waals surface area contributed by atoms with E-state index in [-0.39, 0.29) is 31.6 Å². The first kappa shape index (κ1) is 42.6. The Balaban J connectivity index is 0.000000388. The summed E-state index contributed by atoms with van der Waals surface area (Å²) in [5, 5.41) is 8.65. The molecule has 261 valence electrons. The number of carbonyl (C=O) groups is 1. The van der Waals surface area contributed by atoms with Gasteiger partial charge in [-0.1, -0.05) is 78.1 Å². The van der Waals surface area contributed by atoms with Gasteiger partial charge in [0.1, 0.15) is 0 Å². The Morgan fingerprint density at radius 1 is 0.521 bits per heavy atom. The number of allylic oxidation sites excluding steroid dienone is 2. The van der Waals surface area contributed by atoms with E-state index in [4.69, 9.17) is 15.1 Å². The number of rotatable bonds is 3. The van der Waals surface area contributed by atoms with Crippen molar-refractivity contribution in [1.82, 2.24) is 9.97 Å². The summed E-state index contributed by atoms with van der Waals surface area (Å²) in [6.07, 6.45) is 0. The molecular formula is C43H56IrN2O2-2. The van der Waals surface area contributed by atoms with Crippen molar-refractivity contribution >= 4 is 5.78 Å². The Bertz CT molecular complexity index is 1810. The molecule has 2 heterocycles. The number of aliphatic hydroxyl groups is 1. The first-order chi connectivity index (χ1) is 21.6. The quantitative estimate of drug-likeness (QED) is 0.127. The van der Waals surface area contributed by atoms with Crippen LogP contribution in [0.5, 0.6) is 0 Å². The summed E-state index contributed by atoms with van der Waals surface area (Å²) in [5.41, 5.74) is 23.9. The number of ketones is 1. The molecule has 0 fully saturated rings. The largest absolute Gasteiger partial charge is 0.512 e. The summed E-state index contributed by atoms with van der Waals surface area (Å²) < 4.78 is 0. The summed E-state index contributed by atoms with van der Waals surface area (Å²) in [6, 6.07) is 9.30. The average molecular weight is 825 g/mol. The molecule has 4 aromatic rings. The second-order valence-electron chi connectivity index (χ2n) is 13.2. The number of benzene rings is 2. The van der Waals surface area contributed by atoms with Crippen LogP contribution in [0.1, 0.15) is 104 Å². The van der Waals surface area contributed by atoms with Crippen molar-refractivity contribution in [2.24, 2.45) is 0 Å². The molecule has 48 heavy (non-hydrogen) atoms. The van der Waals surface area contributed by atoms with Crippen molar-refractivity contribution in [2.45, 2.75) is 125 Å². The number of nitrogens with zero attached hydrogens (tertiary/aromatic N) is 2. The minimum absolute atomic E-state index is 0. The number of aliphatic hydroxyl groups excluding tert-OH is 1. The molecule has 0 aliphatic heterocycles. The van der Waals surface area contributed by atoms with Crippen LogP contribution < -0.4 is 0 Å². The van der Waals surface area contributed by atoms with Gasteiger partial charge in [-0.15, -0.1) is 67.8 Å². The van der Waals surface area contributed by atoms with E-state index in [0.717, 1.165) is 33.9 Å². The van der Waals surface area contributed by atoms with Crippen molar-refractivity contribution in [3.63, 3.8) is 0 Å². The molecule has 0 saturated carbocycles. The monoisotopic (exact) mass is 825 g/mol. The number of Topliss-reactive ketones (excluding diaryl/α,β-unsaturated/α-hetero) is 1. The molecular weight excluding hydrogens is 769 g/mol. The molecule has 1 N–H and O–H groups in total. The van der Waals surface area contributed by atoms with Crippen molar-refractivity contribution in [2.75, 3.05) is 0 Å². The van der Waals surface area contributed by atoms with Gasteiger partial charge in [-0.3, -0.25) is 4.79 Å². The van der Waals surface area contributed by atoms with E-state index in [1.807, 2.05) is 0 Å². The van der Waals surface area contributed by atoms with Crippen LogP contribution >= 0.6 is 0 Å². The number of aromatic nitrogens is 2. The number of aryl methyl sites for hydroxylation is 6. The van der Waals surface area contributed by atoms with Gasteiger partial charge in [0.15, 0.2) is 5.78 Å². The molecule has 0 bridgehead atoms. The van der Waals surface area contributed by atoms with Crippen LogP contribution in [0.2, 0.25) is 0 Å². The van der Waals surface area contributed by atoms with Crippen molar-refractivity contribution < 1.29 is 30.0 Å². The van der Waals surface area contributed by atoms with E-state index in [1.54, 1.807) is 6.92 Å². The van der Waals surface area contributed by atoms with Gasteiger partial charge in [0.25, 0.3) is 0 Å². The molecule has 0 aliphatic carbocycles. The van der Waals surface area contributed by atoms with Gasteiger partial charge in [0.05, 0.1) is 5.76 Å². The molecule has 0 atom stereocenters. The van der Waals surface area contributed by atoms with Gasteiger partial charge < -0.3 is 15.1 Å². The number of carbonyl (C=O) groups excluding carboxylic acids is 1. The minimum Gasteiger partial charge on any atom is -0.512 e. The summed E-state index contributed by atoms with van der Waals surface area (Å²) in [7, 11) is 0. The number of pyridine rings is 2. The normalized spacial score (nSPS) is 11.0. The molecule has 0 amide bonds. The zero-order valence-electron chi connectivity index (χ0n) is 32.7. The van der Waals surface area contributed by atoms with Gasteiger partial charge in [-0.25, -0.2) is 0 Å². The van der Waals surface area contributed by atoms with E-state index in [1.165, 1.54) is 86.2 Å². The minimum atomic E-state index is -0.0787. The van der Waals surface area contributed by atoms with Crippen LogP contribution in [-0.2, 0) is 24.9 Å². The number of hydrogen-bond donors (Lipinski definition) is 1. The third kappa shape index (κ3) is 9.39. The zero-order chi connectivity index (χ0) is 36.2. The first-order valence-electron chi connectivity index (χ1n) is 16.4. The molecule has 5 heteroatoms. The Hall–Kier alpha value is -3.40. The molecule has 4 nitrogen and oxygen atoms in total. The fourth-order valence-corrected chi connectivity index (χ4v) is 5.38. The first-order valence-corrected chi connectivity index (χ1v) is 16.4. The van der Waals surface area contributed by atoms with Gasteiger partial charge >= 0.3 is 0 Å². The van der Waals surface area contributed by atoms with Gasteiger partial charge in [-0.2, -0.15) is 0 Å². The Morgan fingerprint density at radius 3 is 1.31 bits per heavy atom. The predicted molar refractivity (Wildman–Crippen MR) is 200 cm³/mol. The topological polar surface area (TPSA) is 63.1 Å². The summed E-state index contributed by atoms with van der Waals surface area (Å²) >= 11 is 0. The smallest absolute Gasteiger partial charge is 0.158 e. The van der Waals surface area contributed by atoms with E-state index in [9.17, 15) is 4.79 Å². The van der Waals surface area contributed by atoms with Crippen molar-refractivity contribution in [3.8, 4) is 22.5 Å². The van der Waals surface area contributed by atoms with Gasteiger partial charge in [0, 0.05) is 37.1 Å². The Morgan fingerprint density at radius 2 is 0.917 bits per heavy atom. The third-order valence-electron chi connectivity index (χ3n) is 10.3. The molecule has 1 radical (unpaired) electrons. The van der Waals surface area contributed by atoms with Gasteiger partial charge in [-0.05, 0) is 91.8 Å². The summed E-state index contributed by atoms with van der Waals surface area (Å²) in [5.74, 6) is 0.0301. The van der Waals surface area contributed by atoms with Crippen LogP contribution in [0.25, 0.3) is 22.5 Å². The van der Waals surface area contributed by atoms with Gasteiger partial charge in [0.2, 0.25) is 0 Å². The van der Waals surface area contributed by atoms with Crippen molar-refractivity contribution in [1.29, 1.82) is 0 Å². The summed E-state index contributed by atoms with van der Waals surface area (Å²) in [4.78, 5) is 20.0. The second kappa shape index (κ2) is 17.3. The SMILES string of the molecule is CC(=O)/C(C)=C(/C)O.Cc1[c-]c(-c2nc(C)c(C)c(C)c2C)c(C)c(C)c1C.Cc1[c-]c(-c2nc(C)c(C)cc2C)c(C)c(C)c1C.[Ir]. The summed E-state index contributed by atoms with van der Waals surface area (Å²) in [6.45, 7) is 36.8. The molecule has 2 aromatic heterocycles. The standard InChI is InChI=1S/C19H24N.C18H22N.C6H10O2.Ir/c1-10-9-18(15(6)12(3)11(10)2)19-16(7)13(4)14(5)17(8)20-19;1-10-9-17(15(6)14(5)13(10)4)18-12(3)8-11(2)16(7)19-18;1-4(5(2)7)6(3)8;/h1-8H3;8H,1-7H3;7H,1-3H3;/q2*-1;;/b;;5-4-;. The third-order valence-corrected chi connectivity index (χ3v) is 10.3. The molecule has 4 rings (SSSR count). The zero-order valence-corrected chi connectivity index (χ0v) is 35.1. The van der Waals surface area contributed by atoms with E-state index < -0.39 is 0 Å². The number of hydrogen-bond acceptors (Lipinski definition) is 4. The van der Waals surface area contributed by atoms with Crippen LogP contribution in [0.4, 0.5) is 0 Å². The van der Waals surface area contributed by atoms with Crippen LogP contribution in [0, 0.1) is 116 Å². The Kier molecular flexibility index (Phi) is 15.4. The van der Waals surface area contributed by atoms with Crippen LogP contribution in [-0.4, -0.2) is 20.9 Å². The van der Waals surface area contributed by atoms with Crippen LogP contribution in [0.3, 0.4) is 0 Å². The molecule has 0 spiro atoms. The van der Waals surface area contributed by atoms with E-state index in [0.29, 0.717) is 5.57 Å².